The summed E-state index contributed by atoms with van der Waals surface area (Å²) in [5.74, 6) is 0.134. The standard InChI is InChI=1S/C21H21FN2O2S/c22-17-7-5-16(6-8-17)19(25)14-23-11-9-15(10-12-23)13-24-18-3-1-2-4-20(18)27-21(24)26/h1-8,15H,9-14H2. The molecule has 1 aliphatic heterocycles. The van der Waals surface area contributed by atoms with Crippen LogP contribution < -0.4 is 4.87 Å². The number of carbonyl (C=O) groups is 1. The van der Waals surface area contributed by atoms with Crippen LogP contribution in [0.3, 0.4) is 0 Å². The van der Waals surface area contributed by atoms with Crippen molar-refractivity contribution >= 4 is 27.3 Å². The average Bonchev–Trinajstić information content (AvgIpc) is 2.99. The molecule has 1 fully saturated rings. The van der Waals surface area contributed by atoms with Crippen molar-refractivity contribution in [3.63, 3.8) is 0 Å². The molecule has 0 spiro atoms. The van der Waals surface area contributed by atoms with Gasteiger partial charge in [0.25, 0.3) is 0 Å². The number of nitrogens with zero attached hydrogens (tertiary/aromatic N) is 2. The van der Waals surface area contributed by atoms with Crippen molar-refractivity contribution in [1.82, 2.24) is 9.47 Å². The van der Waals surface area contributed by atoms with E-state index < -0.39 is 0 Å². The van der Waals surface area contributed by atoms with Gasteiger partial charge in [0.05, 0.1) is 16.8 Å². The summed E-state index contributed by atoms with van der Waals surface area (Å²) in [5.41, 5.74) is 1.57. The van der Waals surface area contributed by atoms with E-state index >= 15 is 0 Å². The van der Waals surface area contributed by atoms with Gasteiger partial charge in [0, 0.05) is 12.1 Å². The average molecular weight is 384 g/mol. The minimum absolute atomic E-state index is 0.0218. The van der Waals surface area contributed by atoms with Crippen LogP contribution >= 0.6 is 11.3 Å². The molecule has 140 valence electrons. The number of aromatic nitrogens is 1. The van der Waals surface area contributed by atoms with Gasteiger partial charge in [-0.1, -0.05) is 23.5 Å². The molecule has 0 N–H and O–H groups in total. The van der Waals surface area contributed by atoms with Crippen LogP contribution in [0, 0.1) is 11.7 Å². The molecule has 0 radical (unpaired) electrons. The molecule has 0 atom stereocenters. The molecule has 0 saturated carbocycles. The van der Waals surface area contributed by atoms with Gasteiger partial charge in [-0.3, -0.25) is 19.1 Å². The van der Waals surface area contributed by atoms with Gasteiger partial charge in [-0.15, -0.1) is 0 Å². The van der Waals surface area contributed by atoms with Crippen molar-refractivity contribution in [2.75, 3.05) is 19.6 Å². The first-order chi connectivity index (χ1) is 13.1. The number of Topliss-reactive ketones (excluding diaryl/α,β-unsaturated/α-hetero) is 1. The molecule has 3 aromatic rings. The summed E-state index contributed by atoms with van der Waals surface area (Å²) in [4.78, 5) is 26.9. The maximum Gasteiger partial charge on any atom is 0.308 e. The Bertz CT molecular complexity index is 1000. The number of carbonyl (C=O) groups excluding carboxylic acids is 1. The van der Waals surface area contributed by atoms with Crippen LogP contribution in [0.2, 0.25) is 0 Å². The Morgan fingerprint density at radius 3 is 2.52 bits per heavy atom. The van der Waals surface area contributed by atoms with E-state index in [0.29, 0.717) is 18.0 Å². The van der Waals surface area contributed by atoms with E-state index in [0.717, 1.165) is 42.7 Å². The molecule has 4 rings (SSSR count). The quantitative estimate of drug-likeness (QED) is 0.629. The van der Waals surface area contributed by atoms with Crippen LogP contribution in [0.15, 0.2) is 53.3 Å². The summed E-state index contributed by atoms with van der Waals surface area (Å²) in [7, 11) is 0. The Labute approximate surface area is 160 Å². The predicted octanol–water partition coefficient (Wildman–Crippen LogP) is 3.80. The smallest absolute Gasteiger partial charge is 0.298 e. The third-order valence-electron chi connectivity index (χ3n) is 5.26. The summed E-state index contributed by atoms with van der Waals surface area (Å²) >= 11 is 1.30. The van der Waals surface area contributed by atoms with Crippen LogP contribution in [0.25, 0.3) is 10.2 Å². The van der Waals surface area contributed by atoms with Crippen molar-refractivity contribution in [1.29, 1.82) is 0 Å². The molecule has 0 amide bonds. The Morgan fingerprint density at radius 1 is 1.07 bits per heavy atom. The number of rotatable bonds is 5. The highest BCUT2D eigenvalue weighted by atomic mass is 32.1. The van der Waals surface area contributed by atoms with Gasteiger partial charge < -0.3 is 0 Å². The first kappa shape index (κ1) is 18.1. The second-order valence-corrected chi connectivity index (χ2v) is 8.09. The van der Waals surface area contributed by atoms with Crippen molar-refractivity contribution in [2.24, 2.45) is 5.92 Å². The predicted molar refractivity (Wildman–Crippen MR) is 106 cm³/mol. The topological polar surface area (TPSA) is 42.3 Å². The normalized spacial score (nSPS) is 16.0. The zero-order chi connectivity index (χ0) is 18.8. The fraction of sp³-hybridized carbons (Fsp3) is 0.333. The van der Waals surface area contributed by atoms with Crippen LogP contribution in [0.4, 0.5) is 4.39 Å². The number of likely N-dealkylation sites (tertiary alicyclic amines) is 1. The van der Waals surface area contributed by atoms with E-state index in [2.05, 4.69) is 4.90 Å². The highest BCUT2D eigenvalue weighted by Gasteiger charge is 2.22. The maximum absolute atomic E-state index is 13.0. The van der Waals surface area contributed by atoms with E-state index in [1.165, 1.54) is 23.5 Å². The molecule has 1 aliphatic rings. The number of benzene rings is 2. The molecule has 4 nitrogen and oxygen atoms in total. The molecule has 1 aromatic heterocycles. The lowest BCUT2D eigenvalue weighted by Crippen LogP contribution is -2.38. The third kappa shape index (κ3) is 4.01. The number of para-hydroxylation sites is 1. The second kappa shape index (κ2) is 7.74. The number of thiazole rings is 1. The van der Waals surface area contributed by atoms with Gasteiger partial charge in [-0.25, -0.2) is 4.39 Å². The number of piperidine rings is 1. The van der Waals surface area contributed by atoms with E-state index in [1.54, 1.807) is 12.1 Å². The molecule has 0 aliphatic carbocycles. The lowest BCUT2D eigenvalue weighted by molar-refractivity contribution is 0.0890. The number of ketones is 1. The first-order valence-corrected chi connectivity index (χ1v) is 10.0. The Balaban J connectivity index is 1.35. The summed E-state index contributed by atoms with van der Waals surface area (Å²) in [6.07, 6.45) is 1.93. The van der Waals surface area contributed by atoms with Crippen LogP contribution in [-0.2, 0) is 6.54 Å². The van der Waals surface area contributed by atoms with Gasteiger partial charge >= 0.3 is 4.87 Å². The maximum atomic E-state index is 13.0. The molecule has 0 bridgehead atoms. The zero-order valence-electron chi connectivity index (χ0n) is 14.9. The van der Waals surface area contributed by atoms with Gasteiger partial charge in [0.15, 0.2) is 5.78 Å². The Hall–Kier alpha value is -2.31. The van der Waals surface area contributed by atoms with Gasteiger partial charge in [-0.2, -0.15) is 0 Å². The molecule has 27 heavy (non-hydrogen) atoms. The van der Waals surface area contributed by atoms with Crippen molar-refractivity contribution < 1.29 is 9.18 Å². The second-order valence-electron chi connectivity index (χ2n) is 7.10. The number of halogens is 1. The molecule has 6 heteroatoms. The molecule has 0 unspecified atom stereocenters. The Morgan fingerprint density at radius 2 is 1.78 bits per heavy atom. The van der Waals surface area contributed by atoms with E-state index in [-0.39, 0.29) is 16.5 Å². The Kier molecular flexibility index (Phi) is 5.18. The number of hydrogen-bond donors (Lipinski definition) is 0. The van der Waals surface area contributed by atoms with Crippen LogP contribution in [0.5, 0.6) is 0 Å². The summed E-state index contributed by atoms with van der Waals surface area (Å²) in [6, 6.07) is 13.6. The molecule has 1 saturated heterocycles. The molecular weight excluding hydrogens is 363 g/mol. The fourth-order valence-corrected chi connectivity index (χ4v) is 4.60. The van der Waals surface area contributed by atoms with E-state index in [9.17, 15) is 14.0 Å². The zero-order valence-corrected chi connectivity index (χ0v) is 15.8. The highest BCUT2D eigenvalue weighted by Crippen LogP contribution is 2.23. The lowest BCUT2D eigenvalue weighted by Gasteiger charge is -2.31. The third-order valence-corrected chi connectivity index (χ3v) is 6.22. The monoisotopic (exact) mass is 384 g/mol. The lowest BCUT2D eigenvalue weighted by atomic mass is 9.96. The van der Waals surface area contributed by atoms with Crippen molar-refractivity contribution in [3.8, 4) is 0 Å². The number of hydrogen-bond acceptors (Lipinski definition) is 4. The van der Waals surface area contributed by atoms with Crippen LogP contribution in [-0.4, -0.2) is 34.9 Å². The largest absolute Gasteiger partial charge is 0.308 e. The van der Waals surface area contributed by atoms with E-state index in [1.807, 2.05) is 28.8 Å². The summed E-state index contributed by atoms with van der Waals surface area (Å²) in [6.45, 7) is 2.78. The molecule has 2 heterocycles. The first-order valence-electron chi connectivity index (χ1n) is 9.19. The van der Waals surface area contributed by atoms with Crippen molar-refractivity contribution in [3.05, 3.63) is 69.6 Å². The van der Waals surface area contributed by atoms with Gasteiger partial charge in [0.2, 0.25) is 0 Å². The van der Waals surface area contributed by atoms with Gasteiger partial charge in [-0.05, 0) is 68.2 Å². The van der Waals surface area contributed by atoms with Crippen LogP contribution in [0.1, 0.15) is 23.2 Å². The highest BCUT2D eigenvalue weighted by molar-refractivity contribution is 7.16. The minimum atomic E-state index is -0.330. The van der Waals surface area contributed by atoms with Crippen molar-refractivity contribution in [2.45, 2.75) is 19.4 Å². The van der Waals surface area contributed by atoms with Gasteiger partial charge in [0.1, 0.15) is 5.82 Å². The molecule has 2 aromatic carbocycles. The molecular formula is C21H21FN2O2S. The minimum Gasteiger partial charge on any atom is -0.298 e. The SMILES string of the molecule is O=C(CN1CCC(Cn2c(=O)sc3ccccc32)CC1)c1ccc(F)cc1. The summed E-state index contributed by atoms with van der Waals surface area (Å²) in [5, 5.41) is 0. The van der Waals surface area contributed by atoms with E-state index in [4.69, 9.17) is 0 Å². The summed E-state index contributed by atoms with van der Waals surface area (Å²) < 4.78 is 15.9. The number of fused-ring (bicyclic) bond motifs is 1. The fourth-order valence-electron chi connectivity index (χ4n) is 3.70.